The molecule has 0 unspecified atom stereocenters. The summed E-state index contributed by atoms with van der Waals surface area (Å²) in [6, 6.07) is 4.70. The summed E-state index contributed by atoms with van der Waals surface area (Å²) in [5, 5.41) is 4.56. The van der Waals surface area contributed by atoms with E-state index in [1.807, 2.05) is 18.7 Å². The van der Waals surface area contributed by atoms with Crippen LogP contribution >= 0.6 is 35.4 Å². The third-order valence-corrected chi connectivity index (χ3v) is 5.11. The first-order valence-electron chi connectivity index (χ1n) is 7.64. The van der Waals surface area contributed by atoms with Crippen LogP contribution in [0.4, 0.5) is 0 Å². The van der Waals surface area contributed by atoms with Crippen LogP contribution in [0.5, 0.6) is 0 Å². The summed E-state index contributed by atoms with van der Waals surface area (Å²) < 4.78 is 10.2. The number of allylic oxidation sites excluding steroid dienone is 1. The lowest BCUT2D eigenvalue weighted by atomic mass is 9.94. The number of nitrogens with zero attached hydrogens (tertiary/aromatic N) is 1. The second-order valence-electron chi connectivity index (χ2n) is 5.72. The Kier molecular flexibility index (Phi) is 6.68. The molecule has 0 saturated heterocycles. The number of benzene rings is 1. The lowest BCUT2D eigenvalue weighted by Gasteiger charge is -2.40. The van der Waals surface area contributed by atoms with Crippen molar-refractivity contribution in [2.75, 3.05) is 20.8 Å². The zero-order chi connectivity index (χ0) is 18.7. The normalized spacial score (nSPS) is 18.9. The van der Waals surface area contributed by atoms with Crippen molar-refractivity contribution < 1.29 is 14.3 Å². The molecule has 1 aromatic carbocycles. The summed E-state index contributed by atoms with van der Waals surface area (Å²) >= 11 is 17.7. The number of halogens is 2. The minimum atomic E-state index is -0.472. The number of carbonyl (C=O) groups excluding carboxylic acids is 1. The van der Waals surface area contributed by atoms with Crippen molar-refractivity contribution in [3.63, 3.8) is 0 Å². The fourth-order valence-corrected chi connectivity index (χ4v) is 3.66. The van der Waals surface area contributed by atoms with E-state index in [9.17, 15) is 4.79 Å². The standard InChI is InChI=1S/C17H20Cl2N2O3S/c1-9(8-23-3)21-10(2)14(16(22)24-4)15(20-17(21)25)11-5-6-12(18)13(19)7-11/h5-7,9,15H,8H2,1-4H3,(H,20,25)/t9-,15-/m1/s1. The Labute approximate surface area is 162 Å². The topological polar surface area (TPSA) is 50.8 Å². The fraction of sp³-hybridized carbons (Fsp3) is 0.412. The van der Waals surface area contributed by atoms with Gasteiger partial charge in [0.2, 0.25) is 0 Å². The molecule has 0 saturated carbocycles. The van der Waals surface area contributed by atoms with E-state index in [0.717, 1.165) is 11.3 Å². The highest BCUT2D eigenvalue weighted by Crippen LogP contribution is 2.34. The van der Waals surface area contributed by atoms with Gasteiger partial charge in [-0.25, -0.2) is 4.79 Å². The molecule has 0 spiro atoms. The van der Waals surface area contributed by atoms with E-state index in [4.69, 9.17) is 44.9 Å². The average molecular weight is 403 g/mol. The van der Waals surface area contributed by atoms with Crippen LogP contribution in [-0.4, -0.2) is 42.8 Å². The lowest BCUT2D eigenvalue weighted by molar-refractivity contribution is -0.136. The Hall–Kier alpha value is -1.34. The van der Waals surface area contributed by atoms with Crippen LogP contribution in [0.15, 0.2) is 29.5 Å². The van der Waals surface area contributed by atoms with Crippen LogP contribution in [0.25, 0.3) is 0 Å². The smallest absolute Gasteiger partial charge is 0.337 e. The van der Waals surface area contributed by atoms with Gasteiger partial charge < -0.3 is 19.7 Å². The van der Waals surface area contributed by atoms with Crippen molar-refractivity contribution in [2.45, 2.75) is 25.9 Å². The number of hydrogen-bond acceptors (Lipinski definition) is 4. The van der Waals surface area contributed by atoms with Crippen molar-refractivity contribution in [1.82, 2.24) is 10.2 Å². The Morgan fingerprint density at radius 2 is 2.04 bits per heavy atom. The van der Waals surface area contributed by atoms with Crippen LogP contribution < -0.4 is 5.32 Å². The van der Waals surface area contributed by atoms with E-state index in [0.29, 0.717) is 27.3 Å². The largest absolute Gasteiger partial charge is 0.466 e. The van der Waals surface area contributed by atoms with Crippen molar-refractivity contribution >= 4 is 46.5 Å². The van der Waals surface area contributed by atoms with E-state index < -0.39 is 12.0 Å². The van der Waals surface area contributed by atoms with E-state index in [2.05, 4.69) is 5.32 Å². The maximum Gasteiger partial charge on any atom is 0.337 e. The molecule has 0 fully saturated rings. The maximum absolute atomic E-state index is 12.5. The number of methoxy groups -OCH3 is 2. The van der Waals surface area contributed by atoms with Gasteiger partial charge in [0.25, 0.3) is 0 Å². The highest BCUT2D eigenvalue weighted by molar-refractivity contribution is 7.80. The summed E-state index contributed by atoms with van der Waals surface area (Å²) in [4.78, 5) is 14.3. The zero-order valence-corrected chi connectivity index (χ0v) is 16.8. The number of hydrogen-bond donors (Lipinski definition) is 1. The molecule has 1 aliphatic heterocycles. The van der Waals surface area contributed by atoms with Gasteiger partial charge in [-0.2, -0.15) is 0 Å². The summed E-state index contributed by atoms with van der Waals surface area (Å²) in [7, 11) is 2.97. The molecule has 136 valence electrons. The summed E-state index contributed by atoms with van der Waals surface area (Å²) in [6.07, 6.45) is 0. The molecule has 0 amide bonds. The number of nitrogens with one attached hydrogen (secondary N) is 1. The first-order chi connectivity index (χ1) is 11.8. The molecule has 1 aromatic rings. The molecule has 1 aliphatic rings. The van der Waals surface area contributed by atoms with E-state index >= 15 is 0 Å². The predicted molar refractivity (Wildman–Crippen MR) is 103 cm³/mol. The second kappa shape index (κ2) is 8.36. The Morgan fingerprint density at radius 1 is 1.36 bits per heavy atom. The predicted octanol–water partition coefficient (Wildman–Crippen LogP) is 3.71. The van der Waals surface area contributed by atoms with Crippen molar-refractivity contribution in [3.8, 4) is 0 Å². The van der Waals surface area contributed by atoms with Gasteiger partial charge in [0.15, 0.2) is 5.11 Å². The average Bonchev–Trinajstić information content (AvgIpc) is 2.56. The summed E-state index contributed by atoms with van der Waals surface area (Å²) in [5.41, 5.74) is 1.96. The van der Waals surface area contributed by atoms with Gasteiger partial charge in [-0.1, -0.05) is 29.3 Å². The van der Waals surface area contributed by atoms with Gasteiger partial charge in [-0.05, 0) is 43.8 Å². The summed E-state index contributed by atoms with van der Waals surface area (Å²) in [5.74, 6) is -0.432. The Morgan fingerprint density at radius 3 is 2.60 bits per heavy atom. The lowest BCUT2D eigenvalue weighted by Crippen LogP contribution is -2.52. The molecule has 5 nitrogen and oxygen atoms in total. The minimum absolute atomic E-state index is 0.0422. The molecular weight excluding hydrogens is 383 g/mol. The Balaban J connectivity index is 2.55. The molecular formula is C17H20Cl2N2O3S. The number of rotatable bonds is 5. The van der Waals surface area contributed by atoms with Gasteiger partial charge in [0, 0.05) is 12.8 Å². The zero-order valence-electron chi connectivity index (χ0n) is 14.4. The molecule has 0 aromatic heterocycles. The number of esters is 1. The molecule has 0 radical (unpaired) electrons. The van der Waals surface area contributed by atoms with Gasteiger partial charge in [-0.15, -0.1) is 0 Å². The molecule has 2 rings (SSSR count). The first kappa shape index (κ1) is 20.0. The van der Waals surface area contributed by atoms with Crippen molar-refractivity contribution in [3.05, 3.63) is 45.1 Å². The SMILES string of the molecule is COC[C@@H](C)N1C(=S)N[C@H](c2ccc(Cl)c(Cl)c2)C(C(=O)OC)=C1C. The van der Waals surface area contributed by atoms with Gasteiger partial charge in [-0.3, -0.25) is 0 Å². The van der Waals surface area contributed by atoms with Crippen LogP contribution in [0.2, 0.25) is 10.0 Å². The third-order valence-electron chi connectivity index (χ3n) is 4.06. The maximum atomic E-state index is 12.5. The van der Waals surface area contributed by atoms with Crippen LogP contribution in [0, 0.1) is 0 Å². The molecule has 0 bridgehead atoms. The van der Waals surface area contributed by atoms with Crippen LogP contribution in [0.1, 0.15) is 25.5 Å². The highest BCUT2D eigenvalue weighted by Gasteiger charge is 2.36. The monoisotopic (exact) mass is 402 g/mol. The van der Waals surface area contributed by atoms with Crippen molar-refractivity contribution in [1.29, 1.82) is 0 Å². The highest BCUT2D eigenvalue weighted by atomic mass is 35.5. The van der Waals surface area contributed by atoms with E-state index in [1.54, 1.807) is 25.3 Å². The minimum Gasteiger partial charge on any atom is -0.466 e. The molecule has 0 aliphatic carbocycles. The Bertz CT molecular complexity index is 724. The number of carbonyl (C=O) groups is 1. The first-order valence-corrected chi connectivity index (χ1v) is 8.80. The van der Waals surface area contributed by atoms with Gasteiger partial charge >= 0.3 is 5.97 Å². The molecule has 1 N–H and O–H groups in total. The third kappa shape index (κ3) is 4.08. The number of thiocarbonyl (C=S) groups is 1. The molecule has 1 heterocycles. The van der Waals surface area contributed by atoms with E-state index in [-0.39, 0.29) is 6.04 Å². The quantitative estimate of drug-likeness (QED) is 0.598. The fourth-order valence-electron chi connectivity index (χ4n) is 2.92. The molecule has 2 atom stereocenters. The second-order valence-corrected chi connectivity index (χ2v) is 6.92. The van der Waals surface area contributed by atoms with Gasteiger partial charge in [0.05, 0.1) is 41.4 Å². The summed E-state index contributed by atoms with van der Waals surface area (Å²) in [6.45, 7) is 4.27. The van der Waals surface area contributed by atoms with Crippen LogP contribution in [-0.2, 0) is 14.3 Å². The van der Waals surface area contributed by atoms with Crippen molar-refractivity contribution in [2.24, 2.45) is 0 Å². The van der Waals surface area contributed by atoms with Gasteiger partial charge in [0.1, 0.15) is 0 Å². The molecule has 8 heteroatoms. The van der Waals surface area contributed by atoms with Crippen LogP contribution in [0.3, 0.4) is 0 Å². The number of ether oxygens (including phenoxy) is 2. The molecule has 25 heavy (non-hydrogen) atoms. The van der Waals surface area contributed by atoms with E-state index in [1.165, 1.54) is 7.11 Å².